The van der Waals surface area contributed by atoms with Gasteiger partial charge in [-0.3, -0.25) is 9.59 Å². The monoisotopic (exact) mass is 250 g/mol. The summed E-state index contributed by atoms with van der Waals surface area (Å²) in [7, 11) is 1.63. The fourth-order valence-electron chi connectivity index (χ4n) is 2.22. The van der Waals surface area contributed by atoms with Crippen molar-refractivity contribution < 1.29 is 9.90 Å². The number of carbonyl (C=O) groups is 1. The number of aryl methyl sites for hydroxylation is 1. The second-order valence-electron chi connectivity index (χ2n) is 4.80. The normalized spacial score (nSPS) is 23.7. The lowest BCUT2D eigenvalue weighted by Gasteiger charge is -2.28. The van der Waals surface area contributed by atoms with E-state index < -0.39 is 6.10 Å². The van der Waals surface area contributed by atoms with Crippen LogP contribution in [0.1, 0.15) is 36.0 Å². The third kappa shape index (κ3) is 2.79. The van der Waals surface area contributed by atoms with E-state index >= 15 is 0 Å². The van der Waals surface area contributed by atoms with E-state index in [0.29, 0.717) is 5.56 Å². The van der Waals surface area contributed by atoms with Gasteiger partial charge in [0.2, 0.25) is 0 Å². The molecule has 1 amide bonds. The summed E-state index contributed by atoms with van der Waals surface area (Å²) in [6.45, 7) is 0. The zero-order valence-electron chi connectivity index (χ0n) is 10.4. The lowest BCUT2D eigenvalue weighted by Crippen LogP contribution is -2.45. The molecule has 2 rings (SSSR count). The summed E-state index contributed by atoms with van der Waals surface area (Å²) < 4.78 is 1.41. The van der Waals surface area contributed by atoms with E-state index in [1.165, 1.54) is 10.6 Å². The van der Waals surface area contributed by atoms with E-state index in [0.717, 1.165) is 25.7 Å². The highest BCUT2D eigenvalue weighted by molar-refractivity contribution is 5.94. The van der Waals surface area contributed by atoms with Crippen molar-refractivity contribution in [1.29, 1.82) is 0 Å². The predicted molar refractivity (Wildman–Crippen MR) is 67.4 cm³/mol. The van der Waals surface area contributed by atoms with Gasteiger partial charge in [-0.05, 0) is 18.9 Å². The lowest BCUT2D eigenvalue weighted by molar-refractivity contribution is 0.0717. The van der Waals surface area contributed by atoms with Crippen molar-refractivity contribution in [3.8, 4) is 0 Å². The molecule has 1 saturated carbocycles. The minimum Gasteiger partial charge on any atom is -0.391 e. The number of amides is 1. The van der Waals surface area contributed by atoms with Gasteiger partial charge in [-0.2, -0.15) is 0 Å². The Morgan fingerprint density at radius 3 is 2.83 bits per heavy atom. The number of aromatic nitrogens is 1. The average Bonchev–Trinajstić information content (AvgIpc) is 2.35. The largest absolute Gasteiger partial charge is 0.391 e. The molecular formula is C13H18N2O3. The molecule has 5 heteroatoms. The molecule has 98 valence electrons. The maximum Gasteiger partial charge on any atom is 0.251 e. The first-order valence-corrected chi connectivity index (χ1v) is 6.23. The van der Waals surface area contributed by atoms with E-state index in [4.69, 9.17) is 0 Å². The molecule has 1 fully saturated rings. The van der Waals surface area contributed by atoms with Crippen LogP contribution in [0.15, 0.2) is 23.1 Å². The molecule has 2 atom stereocenters. The minimum absolute atomic E-state index is 0.199. The zero-order chi connectivity index (χ0) is 13.1. The Hall–Kier alpha value is -1.62. The quantitative estimate of drug-likeness (QED) is 0.799. The maximum atomic E-state index is 12.0. The number of nitrogens with one attached hydrogen (secondary N) is 1. The Kier molecular flexibility index (Phi) is 3.81. The fourth-order valence-corrected chi connectivity index (χ4v) is 2.22. The van der Waals surface area contributed by atoms with Gasteiger partial charge in [0.05, 0.1) is 12.1 Å². The first-order chi connectivity index (χ1) is 8.58. The zero-order valence-corrected chi connectivity index (χ0v) is 10.4. The number of hydrogen-bond donors (Lipinski definition) is 2. The van der Waals surface area contributed by atoms with Gasteiger partial charge in [0.25, 0.3) is 11.5 Å². The Morgan fingerprint density at radius 2 is 2.17 bits per heavy atom. The molecule has 0 spiro atoms. The summed E-state index contributed by atoms with van der Waals surface area (Å²) in [4.78, 5) is 23.4. The molecule has 0 aromatic carbocycles. The molecule has 2 unspecified atom stereocenters. The third-order valence-corrected chi connectivity index (χ3v) is 3.41. The van der Waals surface area contributed by atoms with Gasteiger partial charge >= 0.3 is 0 Å². The Balaban J connectivity index is 2.07. The average molecular weight is 250 g/mol. The third-order valence-electron chi connectivity index (χ3n) is 3.41. The molecule has 5 nitrogen and oxygen atoms in total. The van der Waals surface area contributed by atoms with Crippen molar-refractivity contribution in [3.63, 3.8) is 0 Å². The van der Waals surface area contributed by atoms with E-state index in [1.807, 2.05) is 0 Å². The smallest absolute Gasteiger partial charge is 0.251 e. The van der Waals surface area contributed by atoms with Crippen molar-refractivity contribution >= 4 is 5.91 Å². The van der Waals surface area contributed by atoms with E-state index in [2.05, 4.69) is 5.32 Å². The highest BCUT2D eigenvalue weighted by Crippen LogP contribution is 2.18. The van der Waals surface area contributed by atoms with E-state index in [-0.39, 0.29) is 17.5 Å². The molecule has 1 heterocycles. The van der Waals surface area contributed by atoms with Crippen LogP contribution in [0.25, 0.3) is 0 Å². The van der Waals surface area contributed by atoms with Crippen LogP contribution < -0.4 is 10.9 Å². The number of carbonyl (C=O) groups excluding carboxylic acids is 1. The number of rotatable bonds is 2. The number of hydrogen-bond acceptors (Lipinski definition) is 3. The van der Waals surface area contributed by atoms with Crippen LogP contribution in [-0.4, -0.2) is 27.7 Å². The van der Waals surface area contributed by atoms with Crippen molar-refractivity contribution in [2.45, 2.75) is 37.8 Å². The van der Waals surface area contributed by atoms with Crippen molar-refractivity contribution in [2.75, 3.05) is 0 Å². The predicted octanol–water partition coefficient (Wildman–Crippen LogP) is 0.419. The molecule has 2 N–H and O–H groups in total. The van der Waals surface area contributed by atoms with Crippen LogP contribution in [0, 0.1) is 0 Å². The number of pyridine rings is 1. The van der Waals surface area contributed by atoms with E-state index in [1.54, 1.807) is 19.3 Å². The van der Waals surface area contributed by atoms with Gasteiger partial charge in [-0.1, -0.05) is 12.8 Å². The van der Waals surface area contributed by atoms with Gasteiger partial charge in [-0.15, -0.1) is 0 Å². The molecule has 0 bridgehead atoms. The number of nitrogens with zero attached hydrogens (tertiary/aromatic N) is 1. The minimum atomic E-state index is -0.478. The molecular weight excluding hydrogens is 232 g/mol. The van der Waals surface area contributed by atoms with Gasteiger partial charge in [0.15, 0.2) is 0 Å². The topological polar surface area (TPSA) is 71.3 Å². The summed E-state index contributed by atoms with van der Waals surface area (Å²) in [6.07, 6.45) is 4.61. The van der Waals surface area contributed by atoms with Gasteiger partial charge in [0, 0.05) is 24.9 Å². The van der Waals surface area contributed by atoms with Crippen molar-refractivity contribution in [3.05, 3.63) is 34.2 Å². The molecule has 18 heavy (non-hydrogen) atoms. The van der Waals surface area contributed by atoms with Gasteiger partial charge < -0.3 is 15.0 Å². The van der Waals surface area contributed by atoms with Crippen LogP contribution in [0.5, 0.6) is 0 Å². The van der Waals surface area contributed by atoms with Gasteiger partial charge in [-0.25, -0.2) is 0 Å². The molecule has 1 aromatic heterocycles. The van der Waals surface area contributed by atoms with Crippen molar-refractivity contribution in [1.82, 2.24) is 9.88 Å². The SMILES string of the molecule is Cn1ccc(C(=O)NC2CCCCC2O)cc1=O. The fraction of sp³-hybridized carbons (Fsp3) is 0.538. The first-order valence-electron chi connectivity index (χ1n) is 6.23. The Bertz CT molecular complexity index is 495. The lowest BCUT2D eigenvalue weighted by atomic mass is 9.92. The van der Waals surface area contributed by atoms with Crippen LogP contribution in [0.2, 0.25) is 0 Å². The molecule has 0 aliphatic heterocycles. The van der Waals surface area contributed by atoms with Gasteiger partial charge in [0.1, 0.15) is 0 Å². The van der Waals surface area contributed by atoms with Crippen molar-refractivity contribution in [2.24, 2.45) is 7.05 Å². The molecule has 1 aliphatic carbocycles. The maximum absolute atomic E-state index is 12.0. The molecule has 1 aromatic rings. The second-order valence-corrected chi connectivity index (χ2v) is 4.80. The van der Waals surface area contributed by atoms with Crippen LogP contribution in [0.4, 0.5) is 0 Å². The van der Waals surface area contributed by atoms with Crippen LogP contribution >= 0.6 is 0 Å². The second kappa shape index (κ2) is 5.35. The number of aliphatic hydroxyl groups excluding tert-OH is 1. The highest BCUT2D eigenvalue weighted by atomic mass is 16.3. The molecule has 1 aliphatic rings. The molecule has 0 saturated heterocycles. The molecule has 0 radical (unpaired) electrons. The Labute approximate surface area is 105 Å². The van der Waals surface area contributed by atoms with Crippen LogP contribution in [-0.2, 0) is 7.05 Å². The summed E-state index contributed by atoms with van der Waals surface area (Å²) in [5, 5.41) is 12.6. The number of aliphatic hydroxyl groups is 1. The standard InChI is InChI=1S/C13H18N2O3/c1-15-7-6-9(8-12(15)17)13(18)14-10-4-2-3-5-11(10)16/h6-8,10-11,16H,2-5H2,1H3,(H,14,18). The summed E-state index contributed by atoms with van der Waals surface area (Å²) in [5.74, 6) is -0.293. The summed E-state index contributed by atoms with van der Waals surface area (Å²) in [5.41, 5.74) is 0.128. The summed E-state index contributed by atoms with van der Waals surface area (Å²) >= 11 is 0. The highest BCUT2D eigenvalue weighted by Gasteiger charge is 2.24. The van der Waals surface area contributed by atoms with Crippen LogP contribution in [0.3, 0.4) is 0 Å². The van der Waals surface area contributed by atoms with E-state index in [9.17, 15) is 14.7 Å². The first kappa shape index (κ1) is 12.8. The summed E-state index contributed by atoms with van der Waals surface area (Å²) in [6, 6.07) is 2.71. The Morgan fingerprint density at radius 1 is 1.44 bits per heavy atom.